The summed E-state index contributed by atoms with van der Waals surface area (Å²) in [6, 6.07) is 9.46. The van der Waals surface area contributed by atoms with Gasteiger partial charge in [0.05, 0.1) is 19.1 Å². The van der Waals surface area contributed by atoms with Crippen LogP contribution in [0.15, 0.2) is 42.5 Å². The third-order valence-corrected chi connectivity index (χ3v) is 5.37. The second kappa shape index (κ2) is 10.5. The Kier molecular flexibility index (Phi) is 7.69. The fourth-order valence-corrected chi connectivity index (χ4v) is 3.71. The molecule has 3 N–H and O–H groups in total. The fraction of sp³-hybridized carbons (Fsp3) is 0.417. The minimum absolute atomic E-state index is 0.0742. The number of nitrogens with one attached hydrogen (secondary N) is 1. The second-order valence-electron chi connectivity index (χ2n) is 8.43. The lowest BCUT2D eigenvalue weighted by molar-refractivity contribution is -0.142. The molecule has 0 aliphatic carbocycles. The number of halogens is 1. The summed E-state index contributed by atoms with van der Waals surface area (Å²) in [5, 5.41) is 21.7. The maximum absolute atomic E-state index is 13.5. The molecule has 172 valence electrons. The lowest BCUT2D eigenvalue weighted by Gasteiger charge is -2.22. The summed E-state index contributed by atoms with van der Waals surface area (Å²) >= 11 is 0. The molecule has 32 heavy (non-hydrogen) atoms. The number of rotatable bonds is 11. The first-order valence-corrected chi connectivity index (χ1v) is 10.6. The first-order valence-electron chi connectivity index (χ1n) is 10.6. The molecule has 0 aromatic heterocycles. The van der Waals surface area contributed by atoms with Crippen LogP contribution in [0.1, 0.15) is 37.3 Å². The van der Waals surface area contributed by atoms with Crippen LogP contribution in [0.4, 0.5) is 4.39 Å². The van der Waals surface area contributed by atoms with E-state index in [-0.39, 0.29) is 24.1 Å². The number of carboxylic acid groups (broad SMARTS) is 2. The lowest BCUT2D eigenvalue weighted by atomic mass is 10.0. The van der Waals surface area contributed by atoms with E-state index in [0.29, 0.717) is 31.1 Å². The molecule has 3 atom stereocenters. The third-order valence-electron chi connectivity index (χ3n) is 5.37. The van der Waals surface area contributed by atoms with Crippen molar-refractivity contribution in [2.24, 2.45) is 5.92 Å². The van der Waals surface area contributed by atoms with Gasteiger partial charge < -0.3 is 19.7 Å². The van der Waals surface area contributed by atoms with Crippen molar-refractivity contribution in [1.82, 2.24) is 5.32 Å². The second-order valence-corrected chi connectivity index (χ2v) is 8.43. The molecule has 1 aliphatic heterocycles. The summed E-state index contributed by atoms with van der Waals surface area (Å²) in [4.78, 5) is 23.1. The molecule has 0 saturated heterocycles. The monoisotopic (exact) mass is 445 g/mol. The zero-order valence-corrected chi connectivity index (χ0v) is 18.1. The number of ether oxygens (including phenoxy) is 2. The van der Waals surface area contributed by atoms with Crippen molar-refractivity contribution in [2.75, 3.05) is 13.2 Å². The zero-order chi connectivity index (χ0) is 23.3. The number of fused-ring (bicyclic) bond motifs is 1. The van der Waals surface area contributed by atoms with Crippen LogP contribution in [0, 0.1) is 11.7 Å². The summed E-state index contributed by atoms with van der Waals surface area (Å²) in [5.74, 6) is -1.18. The highest BCUT2D eigenvalue weighted by Gasteiger charge is 2.27. The summed E-state index contributed by atoms with van der Waals surface area (Å²) < 4.78 is 24.9. The Morgan fingerprint density at radius 3 is 2.44 bits per heavy atom. The third kappa shape index (κ3) is 6.20. The van der Waals surface area contributed by atoms with Gasteiger partial charge in [0, 0.05) is 5.56 Å². The smallest absolute Gasteiger partial charge is 0.321 e. The standard InChI is InChI=1S/C24H28FNO6/c1-14(2)9-20(23(27)28)26-21(24(29)30)10-15-3-6-18(7-4-15)31-12-16-13-32-22-8-5-17(25)11-19(16)22/h3-8,11,14,16,20-21,26H,9-10,12-13H2,1-2H3,(H,27,28)(H,29,30)/t16?,20-,21?/m0/s1. The number of carbonyl (C=O) groups is 2. The highest BCUT2D eigenvalue weighted by Crippen LogP contribution is 2.34. The summed E-state index contributed by atoms with van der Waals surface area (Å²) in [6.07, 6.45) is 0.477. The molecule has 0 bridgehead atoms. The lowest BCUT2D eigenvalue weighted by Crippen LogP contribution is -2.48. The van der Waals surface area contributed by atoms with Gasteiger partial charge in [0.15, 0.2) is 0 Å². The van der Waals surface area contributed by atoms with Crippen LogP contribution >= 0.6 is 0 Å². The van der Waals surface area contributed by atoms with Crippen molar-refractivity contribution >= 4 is 11.9 Å². The van der Waals surface area contributed by atoms with Gasteiger partial charge >= 0.3 is 11.9 Å². The average molecular weight is 445 g/mol. The van der Waals surface area contributed by atoms with E-state index < -0.39 is 24.0 Å². The molecule has 2 aromatic carbocycles. The molecular weight excluding hydrogens is 417 g/mol. The van der Waals surface area contributed by atoms with Gasteiger partial charge in [0.2, 0.25) is 0 Å². The minimum atomic E-state index is -1.10. The Labute approximate surface area is 186 Å². The van der Waals surface area contributed by atoms with Crippen LogP contribution in [0.5, 0.6) is 11.5 Å². The van der Waals surface area contributed by atoms with E-state index in [2.05, 4.69) is 5.32 Å². The van der Waals surface area contributed by atoms with Gasteiger partial charge in [0.1, 0.15) is 29.4 Å². The van der Waals surface area contributed by atoms with Crippen LogP contribution in [0.3, 0.4) is 0 Å². The first-order chi connectivity index (χ1) is 15.2. The molecule has 8 heteroatoms. The van der Waals surface area contributed by atoms with E-state index >= 15 is 0 Å². The number of hydrogen-bond donors (Lipinski definition) is 3. The van der Waals surface area contributed by atoms with Crippen molar-refractivity contribution in [2.45, 2.75) is 44.7 Å². The molecule has 2 unspecified atom stereocenters. The maximum atomic E-state index is 13.5. The predicted octanol–water partition coefficient (Wildman–Crippen LogP) is 3.47. The van der Waals surface area contributed by atoms with E-state index in [9.17, 15) is 24.2 Å². The number of benzene rings is 2. The molecule has 1 aliphatic rings. The van der Waals surface area contributed by atoms with E-state index in [1.807, 2.05) is 13.8 Å². The molecule has 0 amide bonds. The maximum Gasteiger partial charge on any atom is 0.321 e. The van der Waals surface area contributed by atoms with E-state index in [4.69, 9.17) is 9.47 Å². The molecule has 0 saturated carbocycles. The van der Waals surface area contributed by atoms with Gasteiger partial charge in [-0.15, -0.1) is 0 Å². The molecule has 0 fully saturated rings. The van der Waals surface area contributed by atoms with Crippen LogP contribution in [0.2, 0.25) is 0 Å². The number of hydrogen-bond acceptors (Lipinski definition) is 5. The Hall–Kier alpha value is -3.13. The highest BCUT2D eigenvalue weighted by atomic mass is 19.1. The molecule has 3 rings (SSSR count). The molecule has 7 nitrogen and oxygen atoms in total. The first kappa shape index (κ1) is 23.5. The van der Waals surface area contributed by atoms with E-state index in [1.54, 1.807) is 30.3 Å². The molecular formula is C24H28FNO6. The molecule has 2 aromatic rings. The van der Waals surface area contributed by atoms with Crippen LogP contribution in [-0.4, -0.2) is 47.4 Å². The summed E-state index contributed by atoms with van der Waals surface area (Å²) in [6.45, 7) is 4.52. The average Bonchev–Trinajstić information content (AvgIpc) is 3.13. The molecule has 0 radical (unpaired) electrons. The van der Waals surface area contributed by atoms with Crippen molar-refractivity contribution < 1.29 is 33.7 Å². The Morgan fingerprint density at radius 2 is 1.81 bits per heavy atom. The van der Waals surface area contributed by atoms with Crippen molar-refractivity contribution in [1.29, 1.82) is 0 Å². The van der Waals surface area contributed by atoms with Gasteiger partial charge in [-0.1, -0.05) is 26.0 Å². The zero-order valence-electron chi connectivity index (χ0n) is 18.1. The van der Waals surface area contributed by atoms with Gasteiger partial charge in [0.25, 0.3) is 0 Å². The van der Waals surface area contributed by atoms with Gasteiger partial charge in [-0.3, -0.25) is 14.9 Å². The molecule has 0 spiro atoms. The minimum Gasteiger partial charge on any atom is -0.493 e. The number of aliphatic carboxylic acids is 2. The highest BCUT2D eigenvalue weighted by molar-refractivity contribution is 5.77. The SMILES string of the molecule is CC(C)C[C@H](NC(Cc1ccc(OCC2COc3ccc(F)cc32)cc1)C(=O)O)C(=O)O. The topological polar surface area (TPSA) is 105 Å². The Bertz CT molecular complexity index is 946. The Balaban J connectivity index is 1.58. The van der Waals surface area contributed by atoms with Crippen LogP contribution in [-0.2, 0) is 16.0 Å². The quantitative estimate of drug-likeness (QED) is 0.486. The van der Waals surface area contributed by atoms with Gasteiger partial charge in [-0.2, -0.15) is 0 Å². The van der Waals surface area contributed by atoms with Crippen molar-refractivity contribution in [3.05, 3.63) is 59.4 Å². The normalized spacial score (nSPS) is 16.8. The summed E-state index contributed by atoms with van der Waals surface area (Å²) in [5.41, 5.74) is 1.52. The molecule has 1 heterocycles. The summed E-state index contributed by atoms with van der Waals surface area (Å²) in [7, 11) is 0. The fourth-order valence-electron chi connectivity index (χ4n) is 3.71. The van der Waals surface area contributed by atoms with Gasteiger partial charge in [-0.25, -0.2) is 4.39 Å². The largest absolute Gasteiger partial charge is 0.493 e. The van der Waals surface area contributed by atoms with Crippen LogP contribution in [0.25, 0.3) is 0 Å². The number of carboxylic acids is 2. The Morgan fingerprint density at radius 1 is 1.12 bits per heavy atom. The van der Waals surface area contributed by atoms with E-state index in [0.717, 1.165) is 11.1 Å². The van der Waals surface area contributed by atoms with Crippen molar-refractivity contribution in [3.63, 3.8) is 0 Å². The van der Waals surface area contributed by atoms with Gasteiger partial charge in [-0.05, 0) is 54.7 Å². The van der Waals surface area contributed by atoms with Crippen molar-refractivity contribution in [3.8, 4) is 11.5 Å². The predicted molar refractivity (Wildman–Crippen MR) is 116 cm³/mol. The van der Waals surface area contributed by atoms with E-state index in [1.165, 1.54) is 12.1 Å². The van der Waals surface area contributed by atoms with Crippen LogP contribution < -0.4 is 14.8 Å².